The molecule has 120 valence electrons. The zero-order chi connectivity index (χ0) is 15.2. The summed E-state index contributed by atoms with van der Waals surface area (Å²) in [4.78, 5) is 14.7. The van der Waals surface area contributed by atoms with Crippen LogP contribution in [0.25, 0.3) is 0 Å². The second kappa shape index (κ2) is 7.75. The van der Waals surface area contributed by atoms with Gasteiger partial charge in [-0.2, -0.15) is 0 Å². The third-order valence-electron chi connectivity index (χ3n) is 4.56. The zero-order valence-corrected chi connectivity index (χ0v) is 13.2. The number of likely N-dealkylation sites (tertiary alicyclic amines) is 1. The average molecular weight is 302 g/mol. The molecule has 0 unspecified atom stereocenters. The summed E-state index contributed by atoms with van der Waals surface area (Å²) in [5.41, 5.74) is 1.98. The van der Waals surface area contributed by atoms with Gasteiger partial charge in [0.15, 0.2) is 0 Å². The molecule has 1 atom stereocenters. The highest BCUT2D eigenvalue weighted by atomic mass is 16.5. The van der Waals surface area contributed by atoms with E-state index in [-0.39, 0.29) is 12.0 Å². The van der Waals surface area contributed by atoms with E-state index < -0.39 is 0 Å². The fourth-order valence-electron chi connectivity index (χ4n) is 3.29. The normalized spacial score (nSPS) is 22.6. The first kappa shape index (κ1) is 15.5. The van der Waals surface area contributed by atoms with Gasteiger partial charge in [0, 0.05) is 25.3 Å². The highest BCUT2D eigenvalue weighted by Gasteiger charge is 2.16. The molecule has 3 rings (SSSR count). The first-order valence-corrected chi connectivity index (χ1v) is 8.52. The number of nitrogens with zero attached hydrogens (tertiary/aromatic N) is 1. The second-order valence-corrected chi connectivity index (χ2v) is 6.38. The Balaban J connectivity index is 1.52. The van der Waals surface area contributed by atoms with Crippen molar-refractivity contribution in [1.82, 2.24) is 10.2 Å². The number of nitrogens with one attached hydrogen (secondary N) is 1. The van der Waals surface area contributed by atoms with E-state index in [4.69, 9.17) is 4.74 Å². The Bertz CT molecular complexity index is 492. The third kappa shape index (κ3) is 4.31. The molecule has 1 aromatic carbocycles. The Morgan fingerprint density at radius 2 is 2.09 bits per heavy atom. The van der Waals surface area contributed by atoms with Crippen LogP contribution in [0.1, 0.15) is 48.0 Å². The Morgan fingerprint density at radius 1 is 1.23 bits per heavy atom. The van der Waals surface area contributed by atoms with Crippen LogP contribution in [0.3, 0.4) is 0 Å². The Hall–Kier alpha value is -1.39. The molecule has 2 aliphatic rings. The van der Waals surface area contributed by atoms with Gasteiger partial charge < -0.3 is 10.1 Å². The van der Waals surface area contributed by atoms with E-state index in [1.165, 1.54) is 37.9 Å². The molecule has 0 aliphatic carbocycles. The first-order chi connectivity index (χ1) is 10.8. The molecule has 4 heteroatoms. The topological polar surface area (TPSA) is 41.6 Å². The lowest BCUT2D eigenvalue weighted by molar-refractivity contribution is 0.0169. The summed E-state index contributed by atoms with van der Waals surface area (Å²) < 4.78 is 5.66. The van der Waals surface area contributed by atoms with Gasteiger partial charge in [0.25, 0.3) is 5.91 Å². The molecule has 2 heterocycles. The molecule has 2 saturated heterocycles. The SMILES string of the molecule is O=C(NC[C@H]1CCCCO1)c1cccc(CN2CCCC2)c1. The van der Waals surface area contributed by atoms with Crippen LogP contribution in [0.15, 0.2) is 24.3 Å². The Labute approximate surface area is 132 Å². The van der Waals surface area contributed by atoms with Gasteiger partial charge in [0.05, 0.1) is 6.10 Å². The molecule has 0 bridgehead atoms. The van der Waals surface area contributed by atoms with E-state index in [0.717, 1.165) is 31.6 Å². The largest absolute Gasteiger partial charge is 0.376 e. The average Bonchev–Trinajstić information content (AvgIpc) is 3.07. The summed E-state index contributed by atoms with van der Waals surface area (Å²) in [5, 5.41) is 3.01. The summed E-state index contributed by atoms with van der Waals surface area (Å²) in [6.07, 6.45) is 6.17. The number of ether oxygens (including phenoxy) is 1. The van der Waals surface area contributed by atoms with Gasteiger partial charge in [-0.3, -0.25) is 9.69 Å². The van der Waals surface area contributed by atoms with Crippen LogP contribution in [0, 0.1) is 0 Å². The van der Waals surface area contributed by atoms with E-state index >= 15 is 0 Å². The third-order valence-corrected chi connectivity index (χ3v) is 4.56. The van der Waals surface area contributed by atoms with Crippen molar-refractivity contribution in [2.75, 3.05) is 26.2 Å². The van der Waals surface area contributed by atoms with Crippen molar-refractivity contribution in [3.8, 4) is 0 Å². The Kier molecular flexibility index (Phi) is 5.46. The van der Waals surface area contributed by atoms with Crippen LogP contribution in [-0.2, 0) is 11.3 Å². The van der Waals surface area contributed by atoms with Gasteiger partial charge in [0.2, 0.25) is 0 Å². The van der Waals surface area contributed by atoms with E-state index in [9.17, 15) is 4.79 Å². The molecule has 4 nitrogen and oxygen atoms in total. The lowest BCUT2D eigenvalue weighted by Gasteiger charge is -2.22. The molecule has 1 amide bonds. The van der Waals surface area contributed by atoms with Crippen LogP contribution in [-0.4, -0.2) is 43.2 Å². The van der Waals surface area contributed by atoms with Crippen LogP contribution in [0.2, 0.25) is 0 Å². The molecular formula is C18H26N2O2. The van der Waals surface area contributed by atoms with Crippen molar-refractivity contribution in [2.45, 2.75) is 44.8 Å². The van der Waals surface area contributed by atoms with E-state index in [1.54, 1.807) is 0 Å². The van der Waals surface area contributed by atoms with Crippen LogP contribution < -0.4 is 5.32 Å². The molecule has 0 radical (unpaired) electrons. The van der Waals surface area contributed by atoms with Crippen LogP contribution in [0.5, 0.6) is 0 Å². The molecule has 2 aliphatic heterocycles. The van der Waals surface area contributed by atoms with Gasteiger partial charge in [-0.1, -0.05) is 12.1 Å². The maximum absolute atomic E-state index is 12.3. The van der Waals surface area contributed by atoms with E-state index in [0.29, 0.717) is 6.54 Å². The molecule has 0 spiro atoms. The quantitative estimate of drug-likeness (QED) is 0.909. The lowest BCUT2D eigenvalue weighted by Crippen LogP contribution is -2.35. The highest BCUT2D eigenvalue weighted by molar-refractivity contribution is 5.94. The monoisotopic (exact) mass is 302 g/mol. The maximum atomic E-state index is 12.3. The minimum atomic E-state index is 0.0115. The van der Waals surface area contributed by atoms with Crippen molar-refractivity contribution < 1.29 is 9.53 Å². The van der Waals surface area contributed by atoms with E-state index in [2.05, 4.69) is 16.3 Å². The number of hydrogen-bond donors (Lipinski definition) is 1. The highest BCUT2D eigenvalue weighted by Crippen LogP contribution is 2.14. The van der Waals surface area contributed by atoms with Crippen molar-refractivity contribution in [1.29, 1.82) is 0 Å². The molecule has 1 aromatic rings. The summed E-state index contributed by atoms with van der Waals surface area (Å²) >= 11 is 0. The minimum absolute atomic E-state index is 0.0115. The summed E-state index contributed by atoms with van der Waals surface area (Å²) in [7, 11) is 0. The van der Waals surface area contributed by atoms with E-state index in [1.807, 2.05) is 18.2 Å². The van der Waals surface area contributed by atoms with Gasteiger partial charge in [-0.25, -0.2) is 0 Å². The smallest absolute Gasteiger partial charge is 0.251 e. The fourth-order valence-corrected chi connectivity index (χ4v) is 3.29. The molecule has 0 saturated carbocycles. The molecule has 22 heavy (non-hydrogen) atoms. The summed E-state index contributed by atoms with van der Waals surface area (Å²) in [5.74, 6) is 0.0115. The summed E-state index contributed by atoms with van der Waals surface area (Å²) in [6, 6.07) is 8.01. The minimum Gasteiger partial charge on any atom is -0.376 e. The van der Waals surface area contributed by atoms with Crippen molar-refractivity contribution in [3.05, 3.63) is 35.4 Å². The Morgan fingerprint density at radius 3 is 2.86 bits per heavy atom. The van der Waals surface area contributed by atoms with Gasteiger partial charge in [-0.05, 0) is 62.9 Å². The van der Waals surface area contributed by atoms with Crippen LogP contribution in [0.4, 0.5) is 0 Å². The predicted molar refractivity (Wildman–Crippen MR) is 86.9 cm³/mol. The van der Waals surface area contributed by atoms with Gasteiger partial charge in [0.1, 0.15) is 0 Å². The number of amides is 1. The number of carbonyl (C=O) groups is 1. The lowest BCUT2D eigenvalue weighted by atomic mass is 10.1. The van der Waals surface area contributed by atoms with Crippen LogP contribution >= 0.6 is 0 Å². The molecular weight excluding hydrogens is 276 g/mol. The van der Waals surface area contributed by atoms with Crippen molar-refractivity contribution >= 4 is 5.91 Å². The molecule has 0 aromatic heterocycles. The predicted octanol–water partition coefficient (Wildman–Crippen LogP) is 2.58. The second-order valence-electron chi connectivity index (χ2n) is 6.38. The number of hydrogen-bond acceptors (Lipinski definition) is 3. The number of rotatable bonds is 5. The van der Waals surface area contributed by atoms with Crippen molar-refractivity contribution in [3.63, 3.8) is 0 Å². The van der Waals surface area contributed by atoms with Gasteiger partial charge in [-0.15, -0.1) is 0 Å². The van der Waals surface area contributed by atoms with Crippen molar-refractivity contribution in [2.24, 2.45) is 0 Å². The fraction of sp³-hybridized carbons (Fsp3) is 0.611. The van der Waals surface area contributed by atoms with Gasteiger partial charge >= 0.3 is 0 Å². The standard InChI is InChI=1S/C18H26N2O2/c21-18(19-13-17-8-1-4-11-22-17)16-7-5-6-15(12-16)14-20-9-2-3-10-20/h5-7,12,17H,1-4,8-11,13-14H2,(H,19,21)/t17-/m1/s1. The molecule has 2 fully saturated rings. The number of carbonyl (C=O) groups excluding carboxylic acids is 1. The zero-order valence-electron chi connectivity index (χ0n) is 13.2. The maximum Gasteiger partial charge on any atom is 0.251 e. The first-order valence-electron chi connectivity index (χ1n) is 8.52. The number of benzene rings is 1. The summed E-state index contributed by atoms with van der Waals surface area (Å²) in [6.45, 7) is 4.75. The molecule has 1 N–H and O–H groups in total.